The highest BCUT2D eigenvalue weighted by molar-refractivity contribution is 5.91. The maximum Gasteiger partial charge on any atom is 0.255 e. The van der Waals surface area contributed by atoms with Crippen molar-refractivity contribution in [3.63, 3.8) is 0 Å². The van der Waals surface area contributed by atoms with Gasteiger partial charge >= 0.3 is 0 Å². The fourth-order valence-electron chi connectivity index (χ4n) is 3.31. The number of ether oxygens (including phenoxy) is 2. The number of carbonyl (C=O) groups excluding carboxylic acids is 1. The van der Waals surface area contributed by atoms with E-state index in [4.69, 9.17) is 9.47 Å². The summed E-state index contributed by atoms with van der Waals surface area (Å²) in [7, 11) is 1.55. The van der Waals surface area contributed by atoms with Gasteiger partial charge < -0.3 is 19.7 Å². The van der Waals surface area contributed by atoms with Crippen LogP contribution in [0, 0.1) is 13.8 Å². The third kappa shape index (κ3) is 4.96. The number of amides is 1. The van der Waals surface area contributed by atoms with Crippen molar-refractivity contribution in [2.75, 3.05) is 43.6 Å². The number of carbonyl (C=O) groups is 1. The Morgan fingerprint density at radius 2 is 1.86 bits per heavy atom. The molecule has 1 aliphatic heterocycles. The lowest BCUT2D eigenvalue weighted by Crippen LogP contribution is -2.42. The molecule has 0 spiro atoms. The number of aryl methyl sites for hydroxylation is 2. The molecule has 28 heavy (non-hydrogen) atoms. The number of aromatic nitrogens is 2. The summed E-state index contributed by atoms with van der Waals surface area (Å²) >= 11 is 0. The van der Waals surface area contributed by atoms with E-state index in [1.165, 1.54) is 10.6 Å². The van der Waals surface area contributed by atoms with Gasteiger partial charge in [-0.25, -0.2) is 4.98 Å². The Morgan fingerprint density at radius 3 is 2.50 bits per heavy atom. The smallest absolute Gasteiger partial charge is 0.255 e. The van der Waals surface area contributed by atoms with Gasteiger partial charge in [-0.3, -0.25) is 14.2 Å². The predicted octanol–water partition coefficient (Wildman–Crippen LogP) is 1.48. The van der Waals surface area contributed by atoms with E-state index < -0.39 is 0 Å². The summed E-state index contributed by atoms with van der Waals surface area (Å²) in [4.78, 5) is 31.9. The van der Waals surface area contributed by atoms with Crippen LogP contribution in [-0.4, -0.2) is 48.9 Å². The Balaban J connectivity index is 1.86. The average Bonchev–Trinajstić information content (AvgIpc) is 2.64. The van der Waals surface area contributed by atoms with Gasteiger partial charge in [-0.05, 0) is 37.1 Å². The number of hydrogen-bond acceptors (Lipinski definition) is 6. The first-order valence-corrected chi connectivity index (χ1v) is 9.27. The van der Waals surface area contributed by atoms with Gasteiger partial charge in [0.15, 0.2) is 0 Å². The molecule has 2 heterocycles. The van der Waals surface area contributed by atoms with Crippen LogP contribution in [0.5, 0.6) is 0 Å². The van der Waals surface area contributed by atoms with E-state index in [1.807, 2.05) is 36.9 Å². The summed E-state index contributed by atoms with van der Waals surface area (Å²) in [5, 5.41) is 2.87. The average molecular weight is 386 g/mol. The maximum atomic E-state index is 12.7. The largest absolute Gasteiger partial charge is 0.378 e. The van der Waals surface area contributed by atoms with Gasteiger partial charge in [0.25, 0.3) is 5.56 Å². The van der Waals surface area contributed by atoms with Gasteiger partial charge in [0.2, 0.25) is 11.9 Å². The van der Waals surface area contributed by atoms with Crippen molar-refractivity contribution in [1.82, 2.24) is 9.55 Å². The first kappa shape index (κ1) is 20.0. The van der Waals surface area contributed by atoms with Crippen molar-refractivity contribution >= 4 is 17.5 Å². The number of anilines is 2. The number of methoxy groups -OCH3 is 1. The van der Waals surface area contributed by atoms with Crippen molar-refractivity contribution < 1.29 is 14.3 Å². The number of benzene rings is 1. The highest BCUT2D eigenvalue weighted by Crippen LogP contribution is 2.15. The van der Waals surface area contributed by atoms with Crippen LogP contribution in [0.4, 0.5) is 11.6 Å². The first-order chi connectivity index (χ1) is 13.5. The summed E-state index contributed by atoms with van der Waals surface area (Å²) in [5.41, 5.74) is 3.10. The molecule has 2 aromatic rings. The Kier molecular flexibility index (Phi) is 6.43. The minimum absolute atomic E-state index is 0.112. The molecule has 1 N–H and O–H groups in total. The highest BCUT2D eigenvalue weighted by Gasteiger charge is 2.20. The fraction of sp³-hybridized carbons (Fsp3) is 0.450. The van der Waals surface area contributed by atoms with Crippen molar-refractivity contribution in [3.05, 3.63) is 51.4 Å². The summed E-state index contributed by atoms with van der Waals surface area (Å²) in [5.74, 6) is 0.196. The third-order valence-electron chi connectivity index (χ3n) is 4.43. The van der Waals surface area contributed by atoms with Crippen LogP contribution >= 0.6 is 0 Å². The monoisotopic (exact) mass is 386 g/mol. The molecule has 1 amide bonds. The lowest BCUT2D eigenvalue weighted by Gasteiger charge is -2.29. The molecule has 8 nitrogen and oxygen atoms in total. The van der Waals surface area contributed by atoms with Crippen LogP contribution in [0.15, 0.2) is 29.1 Å². The van der Waals surface area contributed by atoms with Crippen LogP contribution in [0.25, 0.3) is 0 Å². The Morgan fingerprint density at radius 1 is 1.18 bits per heavy atom. The normalized spacial score (nSPS) is 14.2. The second-order valence-corrected chi connectivity index (χ2v) is 6.93. The molecule has 8 heteroatoms. The second kappa shape index (κ2) is 8.99. The molecular formula is C20H26N4O4. The molecular weight excluding hydrogens is 360 g/mol. The van der Waals surface area contributed by atoms with E-state index in [1.54, 1.807) is 7.11 Å². The molecule has 0 bridgehead atoms. The van der Waals surface area contributed by atoms with Crippen LogP contribution in [0.3, 0.4) is 0 Å². The number of rotatable bonds is 6. The molecule has 0 radical (unpaired) electrons. The SMILES string of the molecule is COCc1cc(=O)n(CC(=O)Nc2cc(C)cc(C)c2)c(N2CCOCC2)n1. The standard InChI is InChI=1S/C20H26N4O4/c1-14-8-15(2)10-16(9-14)21-18(25)12-24-19(26)11-17(13-27-3)22-20(24)23-4-6-28-7-5-23/h8-11H,4-7,12-13H2,1-3H3,(H,21,25). The summed E-state index contributed by atoms with van der Waals surface area (Å²) in [6.07, 6.45) is 0. The molecule has 1 aromatic heterocycles. The van der Waals surface area contributed by atoms with Crippen LogP contribution < -0.4 is 15.8 Å². The lowest BCUT2D eigenvalue weighted by molar-refractivity contribution is -0.116. The maximum absolute atomic E-state index is 12.7. The summed E-state index contributed by atoms with van der Waals surface area (Å²) < 4.78 is 11.9. The topological polar surface area (TPSA) is 85.7 Å². The van der Waals surface area contributed by atoms with E-state index in [0.29, 0.717) is 43.6 Å². The summed E-state index contributed by atoms with van der Waals surface area (Å²) in [6, 6.07) is 7.25. The van der Waals surface area contributed by atoms with E-state index in [0.717, 1.165) is 11.1 Å². The zero-order valence-corrected chi connectivity index (χ0v) is 16.5. The van der Waals surface area contributed by atoms with Gasteiger partial charge in [-0.1, -0.05) is 6.07 Å². The van der Waals surface area contributed by atoms with Crippen LogP contribution in [-0.2, 0) is 27.4 Å². The minimum atomic E-state index is -0.279. The van der Waals surface area contributed by atoms with Crippen molar-refractivity contribution in [2.45, 2.75) is 27.0 Å². The first-order valence-electron chi connectivity index (χ1n) is 9.27. The Hall–Kier alpha value is -2.71. The molecule has 1 fully saturated rings. The molecule has 0 unspecified atom stereocenters. The van der Waals surface area contributed by atoms with Crippen molar-refractivity contribution in [2.24, 2.45) is 0 Å². The van der Waals surface area contributed by atoms with Gasteiger partial charge in [0.1, 0.15) is 6.54 Å². The Labute approximate surface area is 164 Å². The predicted molar refractivity (Wildman–Crippen MR) is 107 cm³/mol. The van der Waals surface area contributed by atoms with Gasteiger partial charge in [-0.15, -0.1) is 0 Å². The molecule has 0 aliphatic carbocycles. The van der Waals surface area contributed by atoms with Crippen LogP contribution in [0.1, 0.15) is 16.8 Å². The minimum Gasteiger partial charge on any atom is -0.378 e. The van der Waals surface area contributed by atoms with Gasteiger partial charge in [0, 0.05) is 32.0 Å². The van der Waals surface area contributed by atoms with E-state index in [-0.39, 0.29) is 24.6 Å². The van der Waals surface area contributed by atoms with E-state index in [2.05, 4.69) is 10.3 Å². The lowest BCUT2D eigenvalue weighted by atomic mass is 10.1. The number of morpholine rings is 1. The zero-order chi connectivity index (χ0) is 20.1. The molecule has 1 aromatic carbocycles. The Bertz CT molecular complexity index is 883. The van der Waals surface area contributed by atoms with Gasteiger partial charge in [0.05, 0.1) is 25.5 Å². The molecule has 0 saturated carbocycles. The van der Waals surface area contributed by atoms with E-state index in [9.17, 15) is 9.59 Å². The quantitative estimate of drug-likeness (QED) is 0.809. The van der Waals surface area contributed by atoms with Crippen molar-refractivity contribution in [3.8, 4) is 0 Å². The fourth-order valence-corrected chi connectivity index (χ4v) is 3.31. The number of nitrogens with zero attached hydrogens (tertiary/aromatic N) is 3. The molecule has 0 atom stereocenters. The third-order valence-corrected chi connectivity index (χ3v) is 4.43. The molecule has 3 rings (SSSR count). The van der Waals surface area contributed by atoms with Crippen molar-refractivity contribution in [1.29, 1.82) is 0 Å². The number of nitrogens with one attached hydrogen (secondary N) is 1. The molecule has 1 saturated heterocycles. The second-order valence-electron chi connectivity index (χ2n) is 6.93. The van der Waals surface area contributed by atoms with Gasteiger partial charge in [-0.2, -0.15) is 0 Å². The molecule has 1 aliphatic rings. The van der Waals surface area contributed by atoms with Crippen LogP contribution in [0.2, 0.25) is 0 Å². The zero-order valence-electron chi connectivity index (χ0n) is 16.5. The number of hydrogen-bond donors (Lipinski definition) is 1. The van der Waals surface area contributed by atoms with E-state index >= 15 is 0 Å². The molecule has 150 valence electrons. The highest BCUT2D eigenvalue weighted by atomic mass is 16.5. The summed E-state index contributed by atoms with van der Waals surface area (Å²) in [6.45, 7) is 6.41.